The molecule has 0 saturated heterocycles. The van der Waals surface area contributed by atoms with Crippen molar-refractivity contribution in [3.8, 4) is 5.75 Å². The van der Waals surface area contributed by atoms with Crippen molar-refractivity contribution in [2.75, 3.05) is 17.2 Å². The van der Waals surface area contributed by atoms with Crippen LogP contribution in [0.3, 0.4) is 0 Å². The largest absolute Gasteiger partial charge is 0.484 e. The van der Waals surface area contributed by atoms with Crippen LogP contribution < -0.4 is 15.4 Å². The van der Waals surface area contributed by atoms with Crippen molar-refractivity contribution in [1.29, 1.82) is 0 Å². The van der Waals surface area contributed by atoms with E-state index in [9.17, 15) is 24.1 Å². The number of amides is 2. The highest BCUT2D eigenvalue weighted by molar-refractivity contribution is 6.04. The first-order valence-electron chi connectivity index (χ1n) is 8.75. The van der Waals surface area contributed by atoms with Crippen LogP contribution in [0.5, 0.6) is 5.75 Å². The Bertz CT molecular complexity index is 1070. The summed E-state index contributed by atoms with van der Waals surface area (Å²) < 4.78 is 18.2. The Morgan fingerprint density at radius 1 is 0.933 bits per heavy atom. The first-order chi connectivity index (χ1) is 14.4. The molecule has 152 valence electrons. The Kier molecular flexibility index (Phi) is 6.33. The van der Waals surface area contributed by atoms with Crippen molar-refractivity contribution < 1.29 is 23.6 Å². The number of ether oxygens (including phenoxy) is 1. The zero-order chi connectivity index (χ0) is 21.5. The van der Waals surface area contributed by atoms with E-state index in [4.69, 9.17) is 4.74 Å². The Morgan fingerprint density at radius 2 is 1.57 bits per heavy atom. The third-order valence-corrected chi connectivity index (χ3v) is 3.93. The average Bonchev–Trinajstić information content (AvgIpc) is 2.75. The molecule has 9 heteroatoms. The molecule has 0 spiro atoms. The summed E-state index contributed by atoms with van der Waals surface area (Å²) >= 11 is 0. The van der Waals surface area contributed by atoms with Crippen molar-refractivity contribution in [2.45, 2.75) is 0 Å². The SMILES string of the molecule is O=C(COc1ccc(NC(=O)c2cccc([N+](=O)[O-])c2)cc1)Nc1ccc(F)cc1. The third kappa shape index (κ3) is 5.61. The molecule has 8 nitrogen and oxygen atoms in total. The molecule has 0 aliphatic carbocycles. The Balaban J connectivity index is 1.52. The fourth-order valence-electron chi connectivity index (χ4n) is 2.48. The van der Waals surface area contributed by atoms with E-state index in [0.29, 0.717) is 17.1 Å². The van der Waals surface area contributed by atoms with Crippen LogP contribution in [0.25, 0.3) is 0 Å². The summed E-state index contributed by atoms with van der Waals surface area (Å²) in [4.78, 5) is 34.4. The second-order valence-corrected chi connectivity index (χ2v) is 6.13. The van der Waals surface area contributed by atoms with E-state index >= 15 is 0 Å². The van der Waals surface area contributed by atoms with Crippen LogP contribution in [0.1, 0.15) is 10.4 Å². The molecule has 2 N–H and O–H groups in total. The molecule has 0 saturated carbocycles. The van der Waals surface area contributed by atoms with Crippen LogP contribution in [0.15, 0.2) is 72.8 Å². The molecule has 2 amide bonds. The molecule has 0 aromatic heterocycles. The van der Waals surface area contributed by atoms with Crippen LogP contribution >= 0.6 is 0 Å². The molecule has 3 aromatic carbocycles. The van der Waals surface area contributed by atoms with Crippen LogP contribution in [0.2, 0.25) is 0 Å². The lowest BCUT2D eigenvalue weighted by molar-refractivity contribution is -0.384. The fourth-order valence-corrected chi connectivity index (χ4v) is 2.48. The van der Waals surface area contributed by atoms with E-state index in [2.05, 4.69) is 10.6 Å². The van der Waals surface area contributed by atoms with Crippen LogP contribution in [-0.4, -0.2) is 23.3 Å². The van der Waals surface area contributed by atoms with E-state index in [1.807, 2.05) is 0 Å². The normalized spacial score (nSPS) is 10.2. The number of non-ortho nitro benzene ring substituents is 1. The lowest BCUT2D eigenvalue weighted by atomic mass is 10.2. The van der Waals surface area contributed by atoms with Crippen LogP contribution in [0.4, 0.5) is 21.5 Å². The summed E-state index contributed by atoms with van der Waals surface area (Å²) in [6, 6.07) is 17.0. The van der Waals surface area contributed by atoms with Gasteiger partial charge in [-0.15, -0.1) is 0 Å². The smallest absolute Gasteiger partial charge is 0.270 e. The minimum atomic E-state index is -0.574. The van der Waals surface area contributed by atoms with Gasteiger partial charge in [0.15, 0.2) is 6.61 Å². The number of hydrogen-bond acceptors (Lipinski definition) is 5. The standard InChI is InChI=1S/C21H16FN3O5/c22-15-4-6-16(7-5-15)23-20(26)13-30-19-10-8-17(9-11-19)24-21(27)14-2-1-3-18(12-14)25(28)29/h1-12H,13H2,(H,23,26)(H,24,27). The van der Waals surface area contributed by atoms with Crippen molar-refractivity contribution in [2.24, 2.45) is 0 Å². The van der Waals surface area contributed by atoms with Crippen molar-refractivity contribution in [3.05, 3.63) is 94.3 Å². The Labute approximate surface area is 170 Å². The lowest BCUT2D eigenvalue weighted by Gasteiger charge is -2.09. The maximum Gasteiger partial charge on any atom is 0.270 e. The molecular formula is C21H16FN3O5. The summed E-state index contributed by atoms with van der Waals surface area (Å²) in [5.41, 5.74) is 0.881. The molecular weight excluding hydrogens is 393 g/mol. The number of rotatable bonds is 7. The molecule has 30 heavy (non-hydrogen) atoms. The molecule has 0 aliphatic rings. The van der Waals surface area contributed by atoms with Gasteiger partial charge in [-0.05, 0) is 54.6 Å². The van der Waals surface area contributed by atoms with Crippen molar-refractivity contribution >= 4 is 28.9 Å². The van der Waals surface area contributed by atoms with Crippen molar-refractivity contribution in [1.82, 2.24) is 0 Å². The minimum absolute atomic E-state index is 0.155. The van der Waals surface area contributed by atoms with Gasteiger partial charge in [-0.3, -0.25) is 19.7 Å². The Morgan fingerprint density at radius 3 is 2.23 bits per heavy atom. The van der Waals surface area contributed by atoms with E-state index in [-0.39, 0.29) is 17.9 Å². The van der Waals surface area contributed by atoms with Gasteiger partial charge >= 0.3 is 0 Å². The van der Waals surface area contributed by atoms with E-state index in [0.717, 1.165) is 0 Å². The zero-order valence-corrected chi connectivity index (χ0v) is 15.5. The molecule has 3 rings (SSSR count). The molecule has 0 aliphatic heterocycles. The van der Waals surface area contributed by atoms with Crippen LogP contribution in [0, 0.1) is 15.9 Å². The second-order valence-electron chi connectivity index (χ2n) is 6.13. The summed E-state index contributed by atoms with van der Waals surface area (Å²) in [7, 11) is 0. The predicted molar refractivity (Wildman–Crippen MR) is 108 cm³/mol. The number of nitrogens with zero attached hydrogens (tertiary/aromatic N) is 1. The topological polar surface area (TPSA) is 111 Å². The van der Waals surface area contributed by atoms with Gasteiger partial charge in [0.2, 0.25) is 0 Å². The molecule has 0 bridgehead atoms. The molecule has 0 unspecified atom stereocenters. The highest BCUT2D eigenvalue weighted by Gasteiger charge is 2.12. The van der Waals surface area contributed by atoms with Crippen LogP contribution in [-0.2, 0) is 4.79 Å². The highest BCUT2D eigenvalue weighted by Crippen LogP contribution is 2.18. The van der Waals surface area contributed by atoms with Gasteiger partial charge in [0.05, 0.1) is 4.92 Å². The number of anilines is 2. The molecule has 0 heterocycles. The second kappa shape index (κ2) is 9.28. The number of carbonyl (C=O) groups excluding carboxylic acids is 2. The first kappa shape index (κ1) is 20.5. The molecule has 3 aromatic rings. The van der Waals surface area contributed by atoms with Crippen molar-refractivity contribution in [3.63, 3.8) is 0 Å². The summed E-state index contributed by atoms with van der Waals surface area (Å²) in [6.45, 7) is -0.253. The summed E-state index contributed by atoms with van der Waals surface area (Å²) in [5.74, 6) is -0.907. The van der Waals surface area contributed by atoms with Gasteiger partial charge in [0.25, 0.3) is 17.5 Å². The number of halogens is 1. The van der Waals surface area contributed by atoms with E-state index < -0.39 is 22.6 Å². The number of carbonyl (C=O) groups is 2. The first-order valence-corrected chi connectivity index (χ1v) is 8.75. The van der Waals surface area contributed by atoms with Gasteiger partial charge in [-0.1, -0.05) is 6.07 Å². The summed E-state index contributed by atoms with van der Waals surface area (Å²) in [6.07, 6.45) is 0. The van der Waals surface area contributed by atoms with Gasteiger partial charge in [0, 0.05) is 29.1 Å². The highest BCUT2D eigenvalue weighted by atomic mass is 19.1. The van der Waals surface area contributed by atoms with Gasteiger partial charge in [0.1, 0.15) is 11.6 Å². The van der Waals surface area contributed by atoms with Gasteiger partial charge < -0.3 is 15.4 Å². The zero-order valence-electron chi connectivity index (χ0n) is 15.5. The van der Waals surface area contributed by atoms with Gasteiger partial charge in [-0.25, -0.2) is 4.39 Å². The number of hydrogen-bond donors (Lipinski definition) is 2. The fraction of sp³-hybridized carbons (Fsp3) is 0.0476. The minimum Gasteiger partial charge on any atom is -0.484 e. The van der Waals surface area contributed by atoms with E-state index in [1.54, 1.807) is 24.3 Å². The average molecular weight is 409 g/mol. The third-order valence-electron chi connectivity index (χ3n) is 3.93. The quantitative estimate of drug-likeness (QED) is 0.453. The number of nitro groups is 1. The lowest BCUT2D eigenvalue weighted by Crippen LogP contribution is -2.20. The van der Waals surface area contributed by atoms with E-state index in [1.165, 1.54) is 48.5 Å². The predicted octanol–water partition coefficient (Wildman–Crippen LogP) is 4.00. The molecule has 0 fully saturated rings. The van der Waals surface area contributed by atoms with Gasteiger partial charge in [-0.2, -0.15) is 0 Å². The maximum absolute atomic E-state index is 12.9. The monoisotopic (exact) mass is 409 g/mol. The number of benzene rings is 3. The molecule has 0 atom stereocenters. The summed E-state index contributed by atoms with van der Waals surface area (Å²) in [5, 5.41) is 16.0. The molecule has 0 radical (unpaired) electrons. The number of nitrogens with one attached hydrogen (secondary N) is 2. The number of nitro benzene ring substituents is 1. The Hall–Kier alpha value is -4.27. The maximum atomic E-state index is 12.9.